The summed E-state index contributed by atoms with van der Waals surface area (Å²) in [4.78, 5) is 41.6. The number of ketones is 1. The quantitative estimate of drug-likeness (QED) is 0.196. The number of esters is 1. The fourth-order valence-corrected chi connectivity index (χ4v) is 13.3. The van der Waals surface area contributed by atoms with Gasteiger partial charge in [0.2, 0.25) is 0 Å². The average molecular weight is 731 g/mol. The van der Waals surface area contributed by atoms with Gasteiger partial charge in [0.05, 0.1) is 11.8 Å². The molecule has 1 aromatic rings. The molecule has 53 heavy (non-hydrogen) atoms. The number of carbonyl (C=O) groups excluding carboxylic acids is 2. The van der Waals surface area contributed by atoms with Crippen molar-refractivity contribution in [2.75, 3.05) is 26.7 Å². The molecule has 0 spiro atoms. The van der Waals surface area contributed by atoms with Gasteiger partial charge in [-0.3, -0.25) is 19.3 Å². The Bertz CT molecular complexity index is 1560. The van der Waals surface area contributed by atoms with E-state index in [0.717, 1.165) is 58.3 Å². The van der Waals surface area contributed by atoms with Crippen molar-refractivity contribution in [1.29, 1.82) is 0 Å². The number of benzene rings is 1. The molecule has 4 fully saturated rings. The van der Waals surface area contributed by atoms with Gasteiger partial charge in [-0.1, -0.05) is 77.4 Å². The number of allylic oxidation sites excluding steroid dienone is 2. The van der Waals surface area contributed by atoms with Crippen LogP contribution in [0.2, 0.25) is 0 Å². The highest BCUT2D eigenvalue weighted by atomic mass is 16.5. The van der Waals surface area contributed by atoms with E-state index in [4.69, 9.17) is 4.74 Å². The molecule has 0 saturated heterocycles. The Balaban J connectivity index is 1.23. The van der Waals surface area contributed by atoms with Gasteiger partial charge in [0.15, 0.2) is 5.78 Å². The van der Waals surface area contributed by atoms with Gasteiger partial charge < -0.3 is 15.2 Å². The Morgan fingerprint density at radius 2 is 1.64 bits per heavy atom. The van der Waals surface area contributed by atoms with E-state index < -0.39 is 17.4 Å². The van der Waals surface area contributed by atoms with Crippen LogP contribution in [0.1, 0.15) is 132 Å². The molecular formula is C46H70N2O5. The topological polar surface area (TPSA) is 95.9 Å². The lowest BCUT2D eigenvalue weighted by molar-refractivity contribution is -0.214. The first-order valence-electron chi connectivity index (χ1n) is 21.0. The number of rotatable bonds is 13. The minimum absolute atomic E-state index is 0.0180. The van der Waals surface area contributed by atoms with E-state index in [9.17, 15) is 19.5 Å². The van der Waals surface area contributed by atoms with Crippen LogP contribution in [-0.2, 0) is 25.7 Å². The maximum atomic E-state index is 14.1. The molecule has 5 aliphatic carbocycles. The lowest BCUT2D eigenvalue weighted by Crippen LogP contribution is -2.63. The van der Waals surface area contributed by atoms with Crippen LogP contribution in [0, 0.1) is 56.7 Å². The fourth-order valence-electron chi connectivity index (χ4n) is 13.3. The Kier molecular flexibility index (Phi) is 11.3. The highest BCUT2D eigenvalue weighted by Crippen LogP contribution is 2.73. The molecule has 2 N–H and O–H groups in total. The van der Waals surface area contributed by atoms with E-state index >= 15 is 0 Å². The van der Waals surface area contributed by atoms with Gasteiger partial charge in [-0.15, -0.1) is 0 Å². The molecule has 8 atom stereocenters. The Labute approximate surface area is 320 Å². The number of carboxylic acid groups (broad SMARTS) is 1. The summed E-state index contributed by atoms with van der Waals surface area (Å²) >= 11 is 0. The number of carboxylic acids is 1. The Morgan fingerprint density at radius 1 is 0.943 bits per heavy atom. The van der Waals surface area contributed by atoms with E-state index in [1.54, 1.807) is 19.4 Å². The number of ether oxygens (including phenoxy) is 1. The number of likely N-dealkylation sites (N-methyl/N-ethyl adjacent to an activating group) is 1. The molecule has 0 amide bonds. The minimum Gasteiger partial charge on any atom is -0.481 e. The zero-order valence-electron chi connectivity index (χ0n) is 34.5. The third kappa shape index (κ3) is 7.20. The van der Waals surface area contributed by atoms with Crippen LogP contribution in [0.15, 0.2) is 41.5 Å². The summed E-state index contributed by atoms with van der Waals surface area (Å²) < 4.78 is 6.18. The number of hydrogen-bond donors (Lipinski definition) is 2. The van der Waals surface area contributed by atoms with E-state index in [1.807, 2.05) is 7.05 Å². The van der Waals surface area contributed by atoms with Crippen LogP contribution >= 0.6 is 0 Å². The molecule has 0 aliphatic heterocycles. The maximum Gasteiger partial charge on any atom is 0.309 e. The van der Waals surface area contributed by atoms with Crippen LogP contribution in [-0.4, -0.2) is 60.5 Å². The molecule has 0 radical (unpaired) electrons. The molecule has 294 valence electrons. The van der Waals surface area contributed by atoms with Gasteiger partial charge in [0, 0.05) is 36.9 Å². The van der Waals surface area contributed by atoms with Crippen molar-refractivity contribution >= 4 is 17.7 Å². The van der Waals surface area contributed by atoms with E-state index in [1.165, 1.54) is 36.8 Å². The van der Waals surface area contributed by atoms with Gasteiger partial charge in [-0.25, -0.2) is 0 Å². The maximum absolute atomic E-state index is 14.1. The van der Waals surface area contributed by atoms with Crippen molar-refractivity contribution < 1.29 is 24.2 Å². The van der Waals surface area contributed by atoms with Crippen molar-refractivity contribution in [3.8, 4) is 0 Å². The summed E-state index contributed by atoms with van der Waals surface area (Å²) in [6, 6.07) is 10.8. The standard InChI is InChI=1S/C46H70N2O5/c1-30(2)39-34(49)27-46(23-25-48(26-24-47-9)29-31-13-11-10-12-14-31)22-17-33-32(40(39)46)15-16-36-44(33,7)20-18-35-43(5,6)37(19-21-45(35,36)8)53-38(50)28-42(3,4)41(51)52/h10-14,30,32-33,35-37,47H,15-29H2,1-9H3,(H,51,52). The lowest BCUT2D eigenvalue weighted by Gasteiger charge is -2.69. The molecule has 7 nitrogen and oxygen atoms in total. The normalized spacial score (nSPS) is 35.1. The van der Waals surface area contributed by atoms with Gasteiger partial charge in [-0.2, -0.15) is 0 Å². The summed E-state index contributed by atoms with van der Waals surface area (Å²) in [5.41, 5.74) is 3.10. The zero-order valence-corrected chi connectivity index (χ0v) is 34.5. The average Bonchev–Trinajstić information content (AvgIpc) is 3.39. The summed E-state index contributed by atoms with van der Waals surface area (Å²) in [6.45, 7) is 21.4. The second kappa shape index (κ2) is 14.9. The molecule has 6 rings (SSSR count). The lowest BCUT2D eigenvalue weighted by atomic mass is 9.36. The Hall–Kier alpha value is -2.51. The summed E-state index contributed by atoms with van der Waals surface area (Å²) in [6.07, 6.45) is 10.3. The highest BCUT2D eigenvalue weighted by Gasteiger charge is 2.66. The van der Waals surface area contributed by atoms with Gasteiger partial charge in [0.25, 0.3) is 0 Å². The van der Waals surface area contributed by atoms with Crippen LogP contribution in [0.3, 0.4) is 0 Å². The Morgan fingerprint density at radius 3 is 2.30 bits per heavy atom. The predicted molar refractivity (Wildman–Crippen MR) is 211 cm³/mol. The molecular weight excluding hydrogens is 661 g/mol. The van der Waals surface area contributed by atoms with Gasteiger partial charge >= 0.3 is 11.9 Å². The number of nitrogens with one attached hydrogen (secondary N) is 1. The number of nitrogens with zero attached hydrogens (tertiary/aromatic N) is 1. The molecule has 7 heteroatoms. The smallest absolute Gasteiger partial charge is 0.309 e. The molecule has 8 unspecified atom stereocenters. The monoisotopic (exact) mass is 731 g/mol. The van der Waals surface area contributed by atoms with E-state index in [-0.39, 0.29) is 40.1 Å². The van der Waals surface area contributed by atoms with Crippen molar-refractivity contribution in [2.45, 2.75) is 139 Å². The van der Waals surface area contributed by atoms with Crippen LogP contribution in [0.4, 0.5) is 0 Å². The summed E-state index contributed by atoms with van der Waals surface area (Å²) in [5, 5.41) is 13.0. The van der Waals surface area contributed by atoms with Gasteiger partial charge in [0.1, 0.15) is 6.10 Å². The summed E-state index contributed by atoms with van der Waals surface area (Å²) in [5.74, 6) is 1.40. The molecule has 0 bridgehead atoms. The number of Topliss-reactive ketones (excluding diaryl/α,β-unsaturated/α-hetero) is 1. The van der Waals surface area contributed by atoms with Crippen molar-refractivity contribution in [3.05, 3.63) is 47.0 Å². The zero-order chi connectivity index (χ0) is 38.6. The largest absolute Gasteiger partial charge is 0.481 e. The van der Waals surface area contributed by atoms with E-state index in [2.05, 4.69) is 82.1 Å². The van der Waals surface area contributed by atoms with Crippen molar-refractivity contribution in [1.82, 2.24) is 10.2 Å². The first-order chi connectivity index (χ1) is 24.9. The SMILES string of the molecule is CNCCN(CCC12CCC3C(CCC4C3(C)CCC3C(C)(C)C(OC(=O)CC(C)(C)C(=O)O)CCC34C)C1=C(C(C)C)C(=O)C2)Cc1ccccc1. The molecule has 4 saturated carbocycles. The van der Waals surface area contributed by atoms with Crippen LogP contribution in [0.5, 0.6) is 0 Å². The molecule has 0 aromatic heterocycles. The number of fused-ring (bicyclic) bond motifs is 7. The third-order valence-electron chi connectivity index (χ3n) is 15.9. The van der Waals surface area contributed by atoms with Gasteiger partial charge in [-0.05, 0) is 137 Å². The number of aliphatic carboxylic acids is 1. The first kappa shape index (κ1) is 40.2. The predicted octanol–water partition coefficient (Wildman–Crippen LogP) is 9.10. The number of hydrogen-bond acceptors (Lipinski definition) is 6. The molecule has 0 heterocycles. The fraction of sp³-hybridized carbons (Fsp3) is 0.761. The highest BCUT2D eigenvalue weighted by molar-refractivity contribution is 6.00. The van der Waals surface area contributed by atoms with Crippen molar-refractivity contribution in [3.63, 3.8) is 0 Å². The molecule has 5 aliphatic rings. The summed E-state index contributed by atoms with van der Waals surface area (Å²) in [7, 11) is 2.03. The minimum atomic E-state index is -1.14. The van der Waals surface area contributed by atoms with Crippen LogP contribution in [0.25, 0.3) is 0 Å². The van der Waals surface area contributed by atoms with E-state index in [0.29, 0.717) is 35.9 Å². The second-order valence-corrected chi connectivity index (χ2v) is 20.2. The third-order valence-corrected chi connectivity index (χ3v) is 15.9. The molecule has 1 aromatic carbocycles. The van der Waals surface area contributed by atoms with Crippen molar-refractivity contribution in [2.24, 2.45) is 56.7 Å². The van der Waals surface area contributed by atoms with Crippen LogP contribution < -0.4 is 5.32 Å². The second-order valence-electron chi connectivity index (χ2n) is 20.2. The first-order valence-corrected chi connectivity index (χ1v) is 21.0. The number of carbonyl (C=O) groups is 3.